The van der Waals surface area contributed by atoms with Gasteiger partial charge in [0.1, 0.15) is 5.54 Å². The highest BCUT2D eigenvalue weighted by atomic mass is 32.2. The molecule has 0 aliphatic carbocycles. The Morgan fingerprint density at radius 3 is 2.53 bits per heavy atom. The molecule has 4 heteroatoms. The van der Waals surface area contributed by atoms with Crippen LogP contribution in [0.15, 0.2) is 0 Å². The van der Waals surface area contributed by atoms with Crippen molar-refractivity contribution in [2.75, 3.05) is 25.2 Å². The van der Waals surface area contributed by atoms with E-state index in [-0.39, 0.29) is 5.54 Å². The molecular weight excluding hydrogens is 232 g/mol. The van der Waals surface area contributed by atoms with Crippen molar-refractivity contribution in [3.8, 4) is 6.07 Å². The fraction of sp³-hybridized carbons (Fsp3) is 0.923. The smallest absolute Gasteiger partial charge is 0.104 e. The zero-order valence-corrected chi connectivity index (χ0v) is 12.4. The Balaban J connectivity index is 3.60. The molecule has 1 unspecified atom stereocenters. The molecule has 1 atom stereocenters. The molecule has 0 bridgehead atoms. The molecule has 100 valence electrons. The lowest BCUT2D eigenvalue weighted by Crippen LogP contribution is -2.44. The molecule has 17 heavy (non-hydrogen) atoms. The summed E-state index contributed by atoms with van der Waals surface area (Å²) in [7, 11) is 1.74. The molecule has 0 heterocycles. The number of methoxy groups -OCH3 is 1. The molecule has 0 rings (SSSR count). The highest BCUT2D eigenvalue weighted by Crippen LogP contribution is 2.15. The Hall–Kier alpha value is -0.240. The van der Waals surface area contributed by atoms with Crippen LogP contribution in [-0.4, -0.2) is 36.8 Å². The molecule has 0 spiro atoms. The van der Waals surface area contributed by atoms with Crippen molar-refractivity contribution in [2.24, 2.45) is 0 Å². The van der Waals surface area contributed by atoms with Crippen LogP contribution in [0.5, 0.6) is 0 Å². The molecule has 0 aromatic rings. The second-order valence-corrected chi connectivity index (χ2v) is 6.03. The van der Waals surface area contributed by atoms with E-state index in [0.717, 1.165) is 37.4 Å². The summed E-state index contributed by atoms with van der Waals surface area (Å²) in [5.41, 5.74) is -0.374. The Morgan fingerprint density at radius 1 is 1.35 bits per heavy atom. The van der Waals surface area contributed by atoms with E-state index in [0.29, 0.717) is 6.04 Å². The van der Waals surface area contributed by atoms with Gasteiger partial charge in [0.25, 0.3) is 0 Å². The fourth-order valence-electron chi connectivity index (χ4n) is 1.73. The van der Waals surface area contributed by atoms with Crippen molar-refractivity contribution in [2.45, 2.75) is 51.6 Å². The molecule has 1 N–H and O–H groups in total. The van der Waals surface area contributed by atoms with E-state index in [1.165, 1.54) is 0 Å². The Labute approximate surface area is 110 Å². The first-order valence-electron chi connectivity index (χ1n) is 6.29. The van der Waals surface area contributed by atoms with Gasteiger partial charge in [-0.25, -0.2) is 0 Å². The largest absolute Gasteiger partial charge is 0.385 e. The minimum absolute atomic E-state index is 0.356. The predicted octanol–water partition coefficient (Wildman–Crippen LogP) is 2.82. The average Bonchev–Trinajstić information content (AvgIpc) is 2.27. The second-order valence-electron chi connectivity index (χ2n) is 4.81. The van der Waals surface area contributed by atoms with Crippen LogP contribution in [0.1, 0.15) is 40.0 Å². The Bertz CT molecular complexity index is 228. The molecule has 3 nitrogen and oxygen atoms in total. The van der Waals surface area contributed by atoms with Crippen LogP contribution in [0, 0.1) is 11.3 Å². The van der Waals surface area contributed by atoms with Crippen LogP contribution in [0.4, 0.5) is 0 Å². The first kappa shape index (κ1) is 16.8. The van der Waals surface area contributed by atoms with Crippen molar-refractivity contribution in [3.63, 3.8) is 0 Å². The normalized spacial score (nSPS) is 14.6. The number of nitriles is 1. The van der Waals surface area contributed by atoms with Gasteiger partial charge in [-0.3, -0.25) is 5.32 Å². The molecule has 0 aromatic carbocycles. The van der Waals surface area contributed by atoms with Crippen molar-refractivity contribution in [1.82, 2.24) is 5.32 Å². The van der Waals surface area contributed by atoms with Gasteiger partial charge in [0, 0.05) is 19.8 Å². The summed E-state index contributed by atoms with van der Waals surface area (Å²) in [5, 5.41) is 12.5. The van der Waals surface area contributed by atoms with Gasteiger partial charge in [0.15, 0.2) is 0 Å². The minimum Gasteiger partial charge on any atom is -0.385 e. The summed E-state index contributed by atoms with van der Waals surface area (Å²) in [6.45, 7) is 6.99. The van der Waals surface area contributed by atoms with E-state index in [1.807, 2.05) is 18.7 Å². The minimum atomic E-state index is -0.374. The first-order chi connectivity index (χ1) is 8.04. The van der Waals surface area contributed by atoms with Gasteiger partial charge in [-0.1, -0.05) is 0 Å². The summed E-state index contributed by atoms with van der Waals surface area (Å²) in [4.78, 5) is 0. The molecule has 0 saturated carbocycles. The highest BCUT2D eigenvalue weighted by Gasteiger charge is 2.23. The van der Waals surface area contributed by atoms with E-state index in [1.54, 1.807) is 7.11 Å². The van der Waals surface area contributed by atoms with Crippen molar-refractivity contribution >= 4 is 11.8 Å². The second kappa shape index (κ2) is 9.76. The quantitative estimate of drug-likeness (QED) is 0.612. The number of rotatable bonds is 10. The summed E-state index contributed by atoms with van der Waals surface area (Å²) in [5.74, 6) is 2.27. The van der Waals surface area contributed by atoms with Gasteiger partial charge in [-0.2, -0.15) is 17.0 Å². The van der Waals surface area contributed by atoms with Gasteiger partial charge in [0.05, 0.1) is 6.07 Å². The van der Waals surface area contributed by atoms with Crippen LogP contribution in [0.3, 0.4) is 0 Å². The first-order valence-corrected chi connectivity index (χ1v) is 7.45. The lowest BCUT2D eigenvalue weighted by Gasteiger charge is -2.25. The third-order valence-corrected chi connectivity index (χ3v) is 3.61. The van der Waals surface area contributed by atoms with Crippen molar-refractivity contribution in [3.05, 3.63) is 0 Å². The van der Waals surface area contributed by atoms with Crippen LogP contribution in [-0.2, 0) is 4.74 Å². The van der Waals surface area contributed by atoms with Crippen molar-refractivity contribution in [1.29, 1.82) is 5.26 Å². The number of hydrogen-bond donors (Lipinski definition) is 1. The number of nitrogens with zero attached hydrogens (tertiary/aromatic N) is 1. The average molecular weight is 258 g/mol. The Kier molecular flexibility index (Phi) is 9.62. The molecule has 0 fully saturated rings. The topological polar surface area (TPSA) is 45.0 Å². The lowest BCUT2D eigenvalue weighted by atomic mass is 9.97. The molecule has 0 aliphatic rings. The van der Waals surface area contributed by atoms with E-state index in [4.69, 9.17) is 4.74 Å². The number of hydrogen-bond acceptors (Lipinski definition) is 4. The molecule has 0 aromatic heterocycles. The molecule has 0 amide bonds. The number of nitrogens with one attached hydrogen (secondary N) is 1. The predicted molar refractivity (Wildman–Crippen MR) is 75.3 cm³/mol. The van der Waals surface area contributed by atoms with E-state index in [2.05, 4.69) is 25.2 Å². The van der Waals surface area contributed by atoms with Crippen LogP contribution in [0.2, 0.25) is 0 Å². The van der Waals surface area contributed by atoms with Gasteiger partial charge in [-0.05, 0) is 51.5 Å². The zero-order valence-electron chi connectivity index (χ0n) is 11.6. The maximum Gasteiger partial charge on any atom is 0.104 e. The summed E-state index contributed by atoms with van der Waals surface area (Å²) < 4.78 is 5.00. The summed E-state index contributed by atoms with van der Waals surface area (Å²) in [6.07, 6.45) is 3.11. The summed E-state index contributed by atoms with van der Waals surface area (Å²) >= 11 is 1.95. The maximum atomic E-state index is 9.17. The van der Waals surface area contributed by atoms with Gasteiger partial charge >= 0.3 is 0 Å². The van der Waals surface area contributed by atoms with Gasteiger partial charge < -0.3 is 4.74 Å². The maximum absolute atomic E-state index is 9.17. The van der Waals surface area contributed by atoms with Crippen LogP contribution in [0.25, 0.3) is 0 Å². The third kappa shape index (κ3) is 9.46. The van der Waals surface area contributed by atoms with Gasteiger partial charge in [0.2, 0.25) is 0 Å². The number of thioether (sulfide) groups is 1. The molecule has 0 radical (unpaired) electrons. The summed E-state index contributed by atoms with van der Waals surface area (Å²) in [6, 6.07) is 2.74. The highest BCUT2D eigenvalue weighted by molar-refractivity contribution is 7.99. The lowest BCUT2D eigenvalue weighted by molar-refractivity contribution is 0.200. The molecule has 0 saturated heterocycles. The SMILES string of the molecule is COCCCSCCCC(C)(C#N)NC(C)C. The monoisotopic (exact) mass is 258 g/mol. The van der Waals surface area contributed by atoms with Crippen LogP contribution < -0.4 is 5.32 Å². The van der Waals surface area contributed by atoms with Crippen molar-refractivity contribution < 1.29 is 4.74 Å². The third-order valence-electron chi connectivity index (χ3n) is 2.46. The van der Waals surface area contributed by atoms with E-state index < -0.39 is 0 Å². The fourth-order valence-corrected chi connectivity index (χ4v) is 2.61. The van der Waals surface area contributed by atoms with Gasteiger partial charge in [-0.15, -0.1) is 0 Å². The Morgan fingerprint density at radius 2 is 2.00 bits per heavy atom. The van der Waals surface area contributed by atoms with E-state index in [9.17, 15) is 5.26 Å². The van der Waals surface area contributed by atoms with Crippen LogP contribution >= 0.6 is 11.8 Å². The van der Waals surface area contributed by atoms with E-state index >= 15 is 0 Å². The number of ether oxygens (including phenoxy) is 1. The standard InChI is InChI=1S/C13H26N2OS/c1-12(2)15-13(3,11-14)7-5-9-17-10-6-8-16-4/h12,15H,5-10H2,1-4H3. The molecule has 0 aliphatic heterocycles. The zero-order chi connectivity index (χ0) is 13.1. The molecular formula is C13H26N2OS.